The molecule has 0 aliphatic carbocycles. The summed E-state index contributed by atoms with van der Waals surface area (Å²) in [6.07, 6.45) is 1.94. The van der Waals surface area contributed by atoms with Gasteiger partial charge in [-0.25, -0.2) is 8.42 Å². The molecule has 174 valence electrons. The molecule has 8 heteroatoms. The number of ether oxygens (including phenoxy) is 1. The Balaban J connectivity index is 2.07. The molecule has 3 aromatic rings. The van der Waals surface area contributed by atoms with Gasteiger partial charge in [0.2, 0.25) is 15.9 Å². The summed E-state index contributed by atoms with van der Waals surface area (Å²) in [6, 6.07) is 16.4. The molecular formula is C25H28N2O5S. The molecule has 3 rings (SSSR count). The zero-order chi connectivity index (χ0) is 24.0. The number of amides is 1. The van der Waals surface area contributed by atoms with Crippen molar-refractivity contribution in [3.63, 3.8) is 0 Å². The third-order valence-corrected chi connectivity index (χ3v) is 6.93. The van der Waals surface area contributed by atoms with Crippen LogP contribution < -0.4 is 10.1 Å². The lowest BCUT2D eigenvalue weighted by atomic mass is 10.00. The quantitative estimate of drug-likeness (QED) is 0.416. The predicted octanol–water partition coefficient (Wildman–Crippen LogP) is 5.15. The number of benzene rings is 2. The first-order valence-corrected chi connectivity index (χ1v) is 11.8. The van der Waals surface area contributed by atoms with Crippen molar-refractivity contribution in [3.8, 4) is 5.75 Å². The van der Waals surface area contributed by atoms with Crippen LogP contribution in [-0.4, -0.2) is 25.7 Å². The minimum absolute atomic E-state index is 0.0484. The van der Waals surface area contributed by atoms with E-state index in [1.807, 2.05) is 19.1 Å². The molecule has 0 saturated carbocycles. The Morgan fingerprint density at radius 1 is 1.09 bits per heavy atom. The first-order chi connectivity index (χ1) is 15.7. The molecule has 0 saturated heterocycles. The Hall–Kier alpha value is -3.36. The first-order valence-electron chi connectivity index (χ1n) is 10.4. The van der Waals surface area contributed by atoms with E-state index < -0.39 is 16.1 Å². The Labute approximate surface area is 194 Å². The van der Waals surface area contributed by atoms with Gasteiger partial charge in [-0.15, -0.1) is 6.58 Å². The van der Waals surface area contributed by atoms with Crippen molar-refractivity contribution in [1.82, 2.24) is 4.31 Å². The monoisotopic (exact) mass is 468 g/mol. The molecular weight excluding hydrogens is 440 g/mol. The maximum Gasteiger partial charge on any atom is 0.244 e. The van der Waals surface area contributed by atoms with Crippen molar-refractivity contribution in [1.29, 1.82) is 0 Å². The summed E-state index contributed by atoms with van der Waals surface area (Å²) in [7, 11) is -2.36. The van der Waals surface area contributed by atoms with E-state index in [1.165, 1.54) is 29.6 Å². The number of hydrogen-bond donors (Lipinski definition) is 1. The molecule has 7 nitrogen and oxygen atoms in total. The van der Waals surface area contributed by atoms with Gasteiger partial charge in [-0.05, 0) is 67.4 Å². The number of hydrogen-bond acceptors (Lipinski definition) is 5. The molecule has 1 N–H and O–H groups in total. The molecule has 0 spiro atoms. The maximum atomic E-state index is 13.9. The van der Waals surface area contributed by atoms with E-state index in [4.69, 9.17) is 9.15 Å². The van der Waals surface area contributed by atoms with Gasteiger partial charge in [-0.3, -0.25) is 4.79 Å². The molecule has 0 aliphatic rings. The minimum Gasteiger partial charge on any atom is -0.497 e. The Bertz CT molecular complexity index is 1180. The van der Waals surface area contributed by atoms with Crippen molar-refractivity contribution in [2.45, 2.75) is 37.8 Å². The van der Waals surface area contributed by atoms with Crippen LogP contribution in [0.1, 0.15) is 37.6 Å². The number of anilines is 1. The lowest BCUT2D eigenvalue weighted by Crippen LogP contribution is -2.34. The summed E-state index contributed by atoms with van der Waals surface area (Å²) < 4.78 is 39.9. The Kier molecular flexibility index (Phi) is 7.73. The van der Waals surface area contributed by atoms with Crippen molar-refractivity contribution in [3.05, 3.63) is 90.4 Å². The smallest absolute Gasteiger partial charge is 0.244 e. The van der Waals surface area contributed by atoms with Crippen molar-refractivity contribution < 1.29 is 22.4 Å². The average Bonchev–Trinajstić information content (AvgIpc) is 3.29. The van der Waals surface area contributed by atoms with Crippen LogP contribution in [0.15, 0.2) is 88.4 Å². The van der Waals surface area contributed by atoms with Crippen LogP contribution in [0.3, 0.4) is 0 Å². The fourth-order valence-electron chi connectivity index (χ4n) is 3.51. The second kappa shape index (κ2) is 10.5. The number of carbonyl (C=O) groups is 1. The molecule has 1 heterocycles. The summed E-state index contributed by atoms with van der Waals surface area (Å²) in [5.74, 6) is 0.974. The fraction of sp³-hybridized carbons (Fsp3) is 0.240. The van der Waals surface area contributed by atoms with E-state index in [9.17, 15) is 13.2 Å². The largest absolute Gasteiger partial charge is 0.497 e. The van der Waals surface area contributed by atoms with Crippen LogP contribution in [0.4, 0.5) is 5.69 Å². The van der Waals surface area contributed by atoms with E-state index >= 15 is 0 Å². The van der Waals surface area contributed by atoms with Crippen LogP contribution in [-0.2, 0) is 21.4 Å². The third-order valence-electron chi connectivity index (χ3n) is 5.06. The average molecular weight is 469 g/mol. The molecule has 2 aromatic carbocycles. The van der Waals surface area contributed by atoms with Crippen LogP contribution >= 0.6 is 0 Å². The molecule has 1 aromatic heterocycles. The highest BCUT2D eigenvalue weighted by atomic mass is 32.2. The van der Waals surface area contributed by atoms with Crippen molar-refractivity contribution >= 4 is 21.6 Å². The molecule has 33 heavy (non-hydrogen) atoms. The molecule has 0 radical (unpaired) electrons. The third kappa shape index (κ3) is 6.12. The highest BCUT2D eigenvalue weighted by Gasteiger charge is 2.33. The normalized spacial score (nSPS) is 12.4. The van der Waals surface area contributed by atoms with E-state index in [2.05, 4.69) is 11.9 Å². The zero-order valence-corrected chi connectivity index (χ0v) is 19.8. The van der Waals surface area contributed by atoms with Gasteiger partial charge in [0.05, 0.1) is 30.9 Å². The minimum atomic E-state index is -3.94. The van der Waals surface area contributed by atoms with E-state index in [1.54, 1.807) is 43.5 Å². The van der Waals surface area contributed by atoms with Gasteiger partial charge in [0.1, 0.15) is 11.5 Å². The number of nitrogens with one attached hydrogen (secondary N) is 1. The van der Waals surface area contributed by atoms with Gasteiger partial charge in [-0.1, -0.05) is 17.7 Å². The molecule has 1 amide bonds. The number of furan rings is 1. The molecule has 1 unspecified atom stereocenters. The second-order valence-corrected chi connectivity index (χ2v) is 9.68. The SMILES string of the molecule is C=C(C)CC(c1ccc(OC)cc1)N(Cc1ccco1)S(=O)(=O)c1ccc(NC(C)=O)cc1. The molecule has 1 atom stereocenters. The second-order valence-electron chi connectivity index (χ2n) is 7.79. The van der Waals surface area contributed by atoms with E-state index in [0.29, 0.717) is 23.6 Å². The zero-order valence-electron chi connectivity index (χ0n) is 18.9. The lowest BCUT2D eigenvalue weighted by Gasteiger charge is -2.31. The van der Waals surface area contributed by atoms with Gasteiger partial charge in [-0.2, -0.15) is 4.31 Å². The lowest BCUT2D eigenvalue weighted by molar-refractivity contribution is -0.114. The number of rotatable bonds is 10. The summed E-state index contributed by atoms with van der Waals surface area (Å²) >= 11 is 0. The van der Waals surface area contributed by atoms with Crippen LogP contribution in [0, 0.1) is 0 Å². The standard InChI is InChI=1S/C25H28N2O5S/c1-18(2)16-25(20-7-11-22(31-4)12-8-20)27(17-23-6-5-15-32-23)33(29,30)24-13-9-21(10-14-24)26-19(3)28/h5-15,25H,1,16-17H2,2-4H3,(H,26,28). The van der Waals surface area contributed by atoms with Gasteiger partial charge >= 0.3 is 0 Å². The van der Waals surface area contributed by atoms with Gasteiger partial charge in [0.25, 0.3) is 0 Å². The Morgan fingerprint density at radius 3 is 2.27 bits per heavy atom. The Morgan fingerprint density at radius 2 is 1.76 bits per heavy atom. The first kappa shape index (κ1) is 24.3. The highest BCUT2D eigenvalue weighted by molar-refractivity contribution is 7.89. The van der Waals surface area contributed by atoms with Crippen LogP contribution in [0.2, 0.25) is 0 Å². The van der Waals surface area contributed by atoms with Gasteiger partial charge < -0.3 is 14.5 Å². The molecule has 0 fully saturated rings. The molecule has 0 aliphatic heterocycles. The topological polar surface area (TPSA) is 88.8 Å². The summed E-state index contributed by atoms with van der Waals surface area (Å²) in [6.45, 7) is 7.33. The van der Waals surface area contributed by atoms with Gasteiger partial charge in [0, 0.05) is 12.6 Å². The number of sulfonamides is 1. The predicted molar refractivity (Wildman–Crippen MR) is 127 cm³/mol. The maximum absolute atomic E-state index is 13.9. The van der Waals surface area contributed by atoms with Crippen molar-refractivity contribution in [2.75, 3.05) is 12.4 Å². The number of carbonyl (C=O) groups excluding carboxylic acids is 1. The fourth-order valence-corrected chi connectivity index (χ4v) is 5.09. The van der Waals surface area contributed by atoms with Crippen LogP contribution in [0.5, 0.6) is 5.75 Å². The van der Waals surface area contributed by atoms with E-state index in [0.717, 1.165) is 11.1 Å². The van der Waals surface area contributed by atoms with E-state index in [-0.39, 0.29) is 17.3 Å². The summed E-state index contributed by atoms with van der Waals surface area (Å²) in [4.78, 5) is 11.4. The summed E-state index contributed by atoms with van der Waals surface area (Å²) in [5, 5.41) is 2.65. The highest BCUT2D eigenvalue weighted by Crippen LogP contribution is 2.35. The number of nitrogens with zero attached hydrogens (tertiary/aromatic N) is 1. The summed E-state index contributed by atoms with van der Waals surface area (Å²) in [5.41, 5.74) is 2.17. The van der Waals surface area contributed by atoms with Crippen molar-refractivity contribution in [2.24, 2.45) is 0 Å². The number of methoxy groups -OCH3 is 1. The molecule has 0 bridgehead atoms. The van der Waals surface area contributed by atoms with Crippen LogP contribution in [0.25, 0.3) is 0 Å². The van der Waals surface area contributed by atoms with Gasteiger partial charge in [0.15, 0.2) is 0 Å².